The number of carbonyl (C=O) groups is 1. The molecule has 1 saturated heterocycles. The summed E-state index contributed by atoms with van der Waals surface area (Å²) in [4.78, 5) is 13.7. The van der Waals surface area contributed by atoms with E-state index in [1.54, 1.807) is 9.58 Å². The third-order valence-electron chi connectivity index (χ3n) is 3.48. The van der Waals surface area contributed by atoms with Gasteiger partial charge in [0.1, 0.15) is 27.7 Å². The van der Waals surface area contributed by atoms with Crippen molar-refractivity contribution >= 4 is 27.8 Å². The first kappa shape index (κ1) is 16.6. The molecular formula is C14H20BrN5O2. The molecule has 1 aliphatic rings. The highest BCUT2D eigenvalue weighted by Gasteiger charge is 2.29. The molecule has 2 heterocycles. The smallest absolute Gasteiger partial charge is 0.410 e. The maximum Gasteiger partial charge on any atom is 0.410 e. The van der Waals surface area contributed by atoms with Crippen molar-refractivity contribution < 1.29 is 9.53 Å². The summed E-state index contributed by atoms with van der Waals surface area (Å²) in [6.45, 7) is 6.71. The number of carbonyl (C=O) groups excluding carboxylic acids is 1. The first-order chi connectivity index (χ1) is 10.2. The minimum absolute atomic E-state index is 0.0806. The van der Waals surface area contributed by atoms with Crippen LogP contribution in [-0.4, -0.2) is 39.5 Å². The summed E-state index contributed by atoms with van der Waals surface area (Å²) in [6.07, 6.45) is 1.16. The molecule has 0 aromatic carbocycles. The third-order valence-corrected chi connectivity index (χ3v) is 4.03. The van der Waals surface area contributed by atoms with Gasteiger partial charge in [0.05, 0.1) is 6.04 Å². The van der Waals surface area contributed by atoms with Gasteiger partial charge >= 0.3 is 6.09 Å². The lowest BCUT2D eigenvalue weighted by molar-refractivity contribution is 0.0185. The third kappa shape index (κ3) is 3.53. The van der Waals surface area contributed by atoms with Gasteiger partial charge in [-0.15, -0.1) is 0 Å². The largest absolute Gasteiger partial charge is 0.444 e. The minimum atomic E-state index is -0.493. The number of halogens is 1. The molecule has 120 valence electrons. The summed E-state index contributed by atoms with van der Waals surface area (Å²) in [7, 11) is 0. The Morgan fingerprint density at radius 2 is 2.05 bits per heavy atom. The summed E-state index contributed by atoms with van der Waals surface area (Å²) in [6, 6.07) is 2.12. The van der Waals surface area contributed by atoms with Crippen molar-refractivity contribution in [3.05, 3.63) is 10.2 Å². The number of nitrogens with two attached hydrogens (primary N) is 1. The molecule has 1 fully saturated rings. The molecule has 0 aliphatic carbocycles. The summed E-state index contributed by atoms with van der Waals surface area (Å²) in [5.74, 6) is 0.366. The van der Waals surface area contributed by atoms with Crippen LogP contribution in [0.1, 0.15) is 45.2 Å². The minimum Gasteiger partial charge on any atom is -0.444 e. The number of amides is 1. The standard InChI is InChI=1S/C14H20BrN5O2/c1-14(2,3)22-13(21)19-6-4-9(5-7-19)20-12(17)10(8-16)11(15)18-20/h9H,4-7,17H2,1-3H3. The van der Waals surface area contributed by atoms with Crippen molar-refractivity contribution in [2.45, 2.75) is 45.3 Å². The number of nitrogens with zero attached hydrogens (tertiary/aromatic N) is 4. The van der Waals surface area contributed by atoms with Gasteiger partial charge in [-0.1, -0.05) is 0 Å². The van der Waals surface area contributed by atoms with Crippen molar-refractivity contribution in [1.29, 1.82) is 5.26 Å². The zero-order valence-electron chi connectivity index (χ0n) is 13.0. The molecule has 0 radical (unpaired) electrons. The molecule has 1 amide bonds. The number of hydrogen-bond donors (Lipinski definition) is 1. The van der Waals surface area contributed by atoms with E-state index in [0.717, 1.165) is 12.8 Å². The number of nitriles is 1. The summed E-state index contributed by atoms with van der Waals surface area (Å²) in [5, 5.41) is 13.3. The molecule has 0 atom stereocenters. The highest BCUT2D eigenvalue weighted by molar-refractivity contribution is 9.10. The molecule has 1 aromatic rings. The maximum absolute atomic E-state index is 12.0. The van der Waals surface area contributed by atoms with E-state index in [-0.39, 0.29) is 12.1 Å². The second-order valence-corrected chi connectivity index (χ2v) is 7.06. The number of aromatic nitrogens is 2. The van der Waals surface area contributed by atoms with Crippen LogP contribution in [0.4, 0.5) is 10.6 Å². The van der Waals surface area contributed by atoms with Crippen LogP contribution in [0.25, 0.3) is 0 Å². The Kier molecular flexibility index (Phi) is 4.66. The van der Waals surface area contributed by atoms with E-state index >= 15 is 0 Å². The van der Waals surface area contributed by atoms with Crippen LogP contribution in [0.3, 0.4) is 0 Å². The summed E-state index contributed by atoms with van der Waals surface area (Å²) in [5.41, 5.74) is 5.83. The van der Waals surface area contributed by atoms with Crippen molar-refractivity contribution in [3.8, 4) is 6.07 Å². The van der Waals surface area contributed by atoms with Gasteiger partial charge in [-0.05, 0) is 49.5 Å². The van der Waals surface area contributed by atoms with E-state index in [1.807, 2.05) is 26.8 Å². The lowest BCUT2D eigenvalue weighted by atomic mass is 10.1. The first-order valence-electron chi connectivity index (χ1n) is 7.14. The second-order valence-electron chi connectivity index (χ2n) is 6.31. The van der Waals surface area contributed by atoms with Crippen LogP contribution in [0.5, 0.6) is 0 Å². The molecule has 8 heteroatoms. The topological polar surface area (TPSA) is 97.2 Å². The van der Waals surface area contributed by atoms with E-state index in [4.69, 9.17) is 15.7 Å². The van der Waals surface area contributed by atoms with Gasteiger partial charge in [0.15, 0.2) is 0 Å². The van der Waals surface area contributed by atoms with Gasteiger partial charge in [0, 0.05) is 13.1 Å². The molecule has 1 aliphatic heterocycles. The van der Waals surface area contributed by atoms with Crippen molar-refractivity contribution in [1.82, 2.24) is 14.7 Å². The fourth-order valence-corrected chi connectivity index (χ4v) is 2.88. The fraction of sp³-hybridized carbons (Fsp3) is 0.643. The zero-order valence-corrected chi connectivity index (χ0v) is 14.6. The quantitative estimate of drug-likeness (QED) is 0.820. The van der Waals surface area contributed by atoms with E-state index in [0.29, 0.717) is 29.1 Å². The Balaban J connectivity index is 2.01. The predicted octanol–water partition coefficient (Wildman–Crippen LogP) is 2.67. The SMILES string of the molecule is CC(C)(C)OC(=O)N1CCC(n2nc(Br)c(C#N)c2N)CC1. The second kappa shape index (κ2) is 6.16. The Morgan fingerprint density at radius 1 is 1.45 bits per heavy atom. The van der Waals surface area contributed by atoms with Crippen molar-refractivity contribution in [3.63, 3.8) is 0 Å². The number of piperidine rings is 1. The number of anilines is 1. The maximum atomic E-state index is 12.0. The first-order valence-corrected chi connectivity index (χ1v) is 7.93. The van der Waals surface area contributed by atoms with Gasteiger partial charge in [-0.2, -0.15) is 10.4 Å². The number of rotatable bonds is 1. The van der Waals surface area contributed by atoms with E-state index in [2.05, 4.69) is 21.0 Å². The van der Waals surface area contributed by atoms with E-state index in [9.17, 15) is 4.79 Å². The Labute approximate surface area is 138 Å². The average Bonchev–Trinajstić information content (AvgIpc) is 2.72. The van der Waals surface area contributed by atoms with Crippen LogP contribution < -0.4 is 5.73 Å². The molecular weight excluding hydrogens is 350 g/mol. The van der Waals surface area contributed by atoms with E-state index < -0.39 is 5.60 Å². The Hall–Kier alpha value is -1.75. The van der Waals surface area contributed by atoms with Gasteiger partial charge < -0.3 is 15.4 Å². The fourth-order valence-electron chi connectivity index (χ4n) is 2.42. The van der Waals surface area contributed by atoms with Crippen molar-refractivity contribution in [2.75, 3.05) is 18.8 Å². The normalized spacial score (nSPS) is 16.4. The molecule has 1 aromatic heterocycles. The molecule has 0 saturated carbocycles. The molecule has 2 N–H and O–H groups in total. The van der Waals surface area contributed by atoms with Crippen molar-refractivity contribution in [2.24, 2.45) is 0 Å². The molecule has 2 rings (SSSR count). The van der Waals surface area contributed by atoms with Crippen LogP contribution in [0.15, 0.2) is 4.60 Å². The predicted molar refractivity (Wildman–Crippen MR) is 85.1 cm³/mol. The summed E-state index contributed by atoms with van der Waals surface area (Å²) < 4.78 is 7.51. The van der Waals surface area contributed by atoms with E-state index in [1.165, 1.54) is 0 Å². The number of hydrogen-bond acceptors (Lipinski definition) is 5. The lowest BCUT2D eigenvalue weighted by Crippen LogP contribution is -2.42. The van der Waals surface area contributed by atoms with Crippen LogP contribution in [0, 0.1) is 11.3 Å². The highest BCUT2D eigenvalue weighted by atomic mass is 79.9. The Bertz CT molecular complexity index is 606. The monoisotopic (exact) mass is 369 g/mol. The molecule has 0 bridgehead atoms. The molecule has 0 spiro atoms. The van der Waals surface area contributed by atoms with Gasteiger partial charge in [-0.3, -0.25) is 0 Å². The van der Waals surface area contributed by atoms with Gasteiger partial charge in [0.25, 0.3) is 0 Å². The highest BCUT2D eigenvalue weighted by Crippen LogP contribution is 2.30. The average molecular weight is 370 g/mol. The van der Waals surface area contributed by atoms with Gasteiger partial charge in [0.2, 0.25) is 0 Å². The zero-order chi connectivity index (χ0) is 16.5. The Morgan fingerprint density at radius 3 is 2.50 bits per heavy atom. The van der Waals surface area contributed by atoms with Gasteiger partial charge in [-0.25, -0.2) is 9.48 Å². The lowest BCUT2D eigenvalue weighted by Gasteiger charge is -2.33. The summed E-state index contributed by atoms with van der Waals surface area (Å²) >= 11 is 3.24. The molecule has 0 unspecified atom stereocenters. The number of likely N-dealkylation sites (tertiary alicyclic amines) is 1. The number of ether oxygens (including phenoxy) is 1. The number of nitrogen functional groups attached to an aromatic ring is 1. The van der Waals surface area contributed by atoms with Crippen LogP contribution in [0.2, 0.25) is 0 Å². The van der Waals surface area contributed by atoms with Crippen LogP contribution in [-0.2, 0) is 4.74 Å². The molecule has 22 heavy (non-hydrogen) atoms. The molecule has 7 nitrogen and oxygen atoms in total. The van der Waals surface area contributed by atoms with Crippen LogP contribution >= 0.6 is 15.9 Å².